The van der Waals surface area contributed by atoms with Crippen molar-refractivity contribution in [3.63, 3.8) is 0 Å². The summed E-state index contributed by atoms with van der Waals surface area (Å²) in [5, 5.41) is 0. The van der Waals surface area contributed by atoms with Gasteiger partial charge in [0.25, 0.3) is 0 Å². The van der Waals surface area contributed by atoms with E-state index in [0.717, 1.165) is 56.1 Å². The van der Waals surface area contributed by atoms with Crippen LogP contribution in [-0.4, -0.2) is 107 Å². The van der Waals surface area contributed by atoms with Gasteiger partial charge in [-0.15, -0.1) is 0 Å². The molecule has 10 nitrogen and oxygen atoms in total. The molecule has 0 aliphatic heterocycles. The lowest BCUT2D eigenvalue weighted by Crippen LogP contribution is -2.44. The maximum Gasteiger partial charge on any atom is 0.310 e. The van der Waals surface area contributed by atoms with Gasteiger partial charge in [-0.1, -0.05) is 116 Å². The first-order valence-electron chi connectivity index (χ1n) is 21.0. The van der Waals surface area contributed by atoms with Crippen molar-refractivity contribution in [1.82, 2.24) is 0 Å². The van der Waals surface area contributed by atoms with Crippen LogP contribution in [0.4, 0.5) is 0 Å². The molecule has 0 aromatic carbocycles. The number of carbonyl (C=O) groups is 4. The Morgan fingerprint density at radius 1 is 0.346 bits per heavy atom. The second-order valence-electron chi connectivity index (χ2n) is 16.2. The van der Waals surface area contributed by atoms with Crippen LogP contribution in [-0.2, 0) is 38.1 Å². The Hall–Kier alpha value is -2.20. The molecule has 0 aromatic rings. The average Bonchev–Trinajstić information content (AvgIpc) is 3.07. The fraction of sp³-hybridized carbons (Fsp3) is 0.905. The topological polar surface area (TPSA) is 105 Å². The van der Waals surface area contributed by atoms with Gasteiger partial charge in [0.15, 0.2) is 0 Å². The number of hydrogen-bond donors (Lipinski definition) is 0. The Morgan fingerprint density at radius 3 is 1.08 bits per heavy atom. The normalized spacial score (nSPS) is 11.7. The van der Waals surface area contributed by atoms with Crippen molar-refractivity contribution in [2.24, 2.45) is 0 Å². The zero-order valence-electron chi connectivity index (χ0n) is 34.8. The summed E-state index contributed by atoms with van der Waals surface area (Å²) in [6, 6.07) is 0. The van der Waals surface area contributed by atoms with Crippen molar-refractivity contribution in [2.45, 2.75) is 174 Å². The van der Waals surface area contributed by atoms with Crippen LogP contribution in [0.3, 0.4) is 0 Å². The van der Waals surface area contributed by atoms with Crippen LogP contribution in [0.25, 0.3) is 0 Å². The first-order valence-corrected chi connectivity index (χ1v) is 21.0. The highest BCUT2D eigenvalue weighted by atomic mass is 16.6. The van der Waals surface area contributed by atoms with E-state index in [1.165, 1.54) is 123 Å². The van der Waals surface area contributed by atoms with Crippen LogP contribution >= 0.6 is 0 Å². The minimum Gasteiger partial charge on any atom is -0.466 e. The Balaban J connectivity index is 3.37. The van der Waals surface area contributed by atoms with Crippen molar-refractivity contribution < 1.29 is 47.1 Å². The maximum atomic E-state index is 12.0. The van der Waals surface area contributed by atoms with Gasteiger partial charge in [0.1, 0.15) is 26.3 Å². The van der Waals surface area contributed by atoms with Gasteiger partial charge in [-0.25, -0.2) is 0 Å². The molecule has 52 heavy (non-hydrogen) atoms. The van der Waals surface area contributed by atoms with E-state index in [1.807, 2.05) is 14.1 Å². The number of nitrogens with zero attached hydrogens (tertiary/aromatic N) is 2. The predicted molar refractivity (Wildman–Crippen MR) is 209 cm³/mol. The molecule has 0 atom stereocenters. The van der Waals surface area contributed by atoms with Gasteiger partial charge in [0.2, 0.25) is 6.73 Å². The zero-order chi connectivity index (χ0) is 38.8. The number of likely N-dealkylation sites (N-methyl/N-ethyl adjacent to an activating group) is 2. The maximum absolute atomic E-state index is 12.0. The number of ether oxygens (including phenoxy) is 4. The molecule has 0 rings (SSSR count). The summed E-state index contributed by atoms with van der Waals surface area (Å²) < 4.78 is 22.3. The van der Waals surface area contributed by atoms with Gasteiger partial charge in [-0.3, -0.25) is 23.7 Å². The second-order valence-corrected chi connectivity index (χ2v) is 16.2. The molecule has 0 radical (unpaired) electrons. The van der Waals surface area contributed by atoms with E-state index in [4.69, 9.17) is 18.9 Å². The van der Waals surface area contributed by atoms with Crippen LogP contribution in [0.2, 0.25) is 0 Å². The van der Waals surface area contributed by atoms with Crippen molar-refractivity contribution >= 4 is 23.9 Å². The first kappa shape index (κ1) is 49.8. The number of esters is 4. The molecule has 0 unspecified atom stereocenters. The smallest absolute Gasteiger partial charge is 0.310 e. The summed E-state index contributed by atoms with van der Waals surface area (Å²) >= 11 is 0. The molecule has 0 spiro atoms. The predicted octanol–water partition coefficient (Wildman–Crippen LogP) is 9.06. The van der Waals surface area contributed by atoms with E-state index in [2.05, 4.69) is 14.1 Å². The molecule has 0 aliphatic carbocycles. The van der Waals surface area contributed by atoms with Crippen LogP contribution in [0, 0.1) is 0 Å². The molecule has 0 aliphatic rings. The zero-order valence-corrected chi connectivity index (χ0v) is 34.8. The van der Waals surface area contributed by atoms with Crippen molar-refractivity contribution in [3.05, 3.63) is 0 Å². The minimum absolute atomic E-state index is 0.0277. The third kappa shape index (κ3) is 37.6. The van der Waals surface area contributed by atoms with Gasteiger partial charge in [-0.05, 0) is 32.1 Å². The second kappa shape index (κ2) is 33.4. The van der Waals surface area contributed by atoms with Gasteiger partial charge in [-0.2, -0.15) is 0 Å². The van der Waals surface area contributed by atoms with Crippen molar-refractivity contribution in [2.75, 3.05) is 74.4 Å². The van der Waals surface area contributed by atoms with E-state index in [9.17, 15) is 19.2 Å². The van der Waals surface area contributed by atoms with E-state index < -0.39 is 0 Å². The lowest BCUT2D eigenvalue weighted by molar-refractivity contribution is -0.907. The number of rotatable bonds is 37. The largest absolute Gasteiger partial charge is 0.466 e. The van der Waals surface area contributed by atoms with E-state index in [0.29, 0.717) is 50.4 Å². The van der Waals surface area contributed by atoms with E-state index >= 15 is 0 Å². The Kier molecular flexibility index (Phi) is 32.0. The minimum atomic E-state index is -0.290. The molecule has 0 aromatic heterocycles. The molecule has 0 saturated carbocycles. The molecule has 0 bridgehead atoms. The fourth-order valence-electron chi connectivity index (χ4n) is 6.17. The van der Waals surface area contributed by atoms with Gasteiger partial charge in [0.05, 0.1) is 41.3 Å². The van der Waals surface area contributed by atoms with Crippen LogP contribution in [0.5, 0.6) is 0 Å². The summed E-state index contributed by atoms with van der Waals surface area (Å²) in [6.45, 7) is 7.16. The molecule has 10 heteroatoms. The SMILES string of the molecule is CC(=O)OCC[N+](C)(C)CCCCCCCCCCCOC(=O)CCCCCCCCCCCCCCCCC(=O)OC[N+](C)(C)CCOC(C)=O. The average molecular weight is 743 g/mol. The van der Waals surface area contributed by atoms with Gasteiger partial charge in [0, 0.05) is 26.7 Å². The number of hydrogen-bond acceptors (Lipinski definition) is 8. The summed E-state index contributed by atoms with van der Waals surface area (Å²) in [7, 11) is 8.31. The van der Waals surface area contributed by atoms with E-state index in [1.54, 1.807) is 0 Å². The number of quaternary nitrogens is 2. The fourth-order valence-corrected chi connectivity index (χ4v) is 6.17. The van der Waals surface area contributed by atoms with Crippen molar-refractivity contribution in [1.29, 1.82) is 0 Å². The molecule has 0 amide bonds. The van der Waals surface area contributed by atoms with Crippen LogP contribution < -0.4 is 0 Å². The molecular weight excluding hydrogens is 660 g/mol. The highest BCUT2D eigenvalue weighted by Crippen LogP contribution is 2.15. The third-order valence-electron chi connectivity index (χ3n) is 9.76. The molecule has 0 heterocycles. The Labute approximate surface area is 319 Å². The molecule has 0 saturated heterocycles. The molecule has 0 N–H and O–H groups in total. The van der Waals surface area contributed by atoms with Crippen LogP contribution in [0.1, 0.15) is 174 Å². The third-order valence-corrected chi connectivity index (χ3v) is 9.76. The highest BCUT2D eigenvalue weighted by Gasteiger charge is 2.18. The van der Waals surface area contributed by atoms with E-state index in [-0.39, 0.29) is 23.9 Å². The highest BCUT2D eigenvalue weighted by molar-refractivity contribution is 5.69. The lowest BCUT2D eigenvalue weighted by atomic mass is 10.0. The summed E-state index contributed by atoms with van der Waals surface area (Å²) in [6.07, 6.45) is 28.7. The standard InChI is InChI=1S/C42H82N2O8/c1-39(45)49-36-33-43(3,4)32-28-24-20-16-13-17-21-25-29-35-51-41(47)30-26-22-18-14-11-9-7-8-10-12-15-19-23-27-31-42(48)52-38-44(5,6)34-37-50-40(2)46/h7-38H2,1-6H3/q+2. The Bertz CT molecular complexity index is 908. The Morgan fingerprint density at radius 2 is 0.673 bits per heavy atom. The summed E-state index contributed by atoms with van der Waals surface area (Å²) in [5.74, 6) is -0.659. The summed E-state index contributed by atoms with van der Waals surface area (Å²) in [4.78, 5) is 45.9. The monoisotopic (exact) mass is 743 g/mol. The number of unbranched alkanes of at least 4 members (excludes halogenated alkanes) is 21. The van der Waals surface area contributed by atoms with Gasteiger partial charge < -0.3 is 23.4 Å². The summed E-state index contributed by atoms with van der Waals surface area (Å²) in [5.41, 5.74) is 0. The first-order chi connectivity index (χ1) is 24.8. The molecular formula is C42H82N2O8+2. The number of carbonyl (C=O) groups excluding carboxylic acids is 4. The quantitative estimate of drug-likeness (QED) is 0.0204. The molecule has 306 valence electrons. The lowest BCUT2D eigenvalue weighted by Gasteiger charge is -2.29. The van der Waals surface area contributed by atoms with Gasteiger partial charge >= 0.3 is 23.9 Å². The van der Waals surface area contributed by atoms with Crippen LogP contribution in [0.15, 0.2) is 0 Å². The molecule has 0 fully saturated rings. The van der Waals surface area contributed by atoms with Crippen molar-refractivity contribution in [3.8, 4) is 0 Å².